The minimum absolute atomic E-state index is 0.0417. The fourth-order valence-corrected chi connectivity index (χ4v) is 1.10. The molecular formula is C8H15BrO2. The van der Waals surface area contributed by atoms with Gasteiger partial charge in [-0.2, -0.15) is 0 Å². The highest BCUT2D eigenvalue weighted by Gasteiger charge is 2.09. The van der Waals surface area contributed by atoms with E-state index in [1.807, 2.05) is 6.92 Å². The van der Waals surface area contributed by atoms with Crippen LogP contribution in [0.5, 0.6) is 0 Å². The molecule has 66 valence electrons. The van der Waals surface area contributed by atoms with Gasteiger partial charge in [0.25, 0.3) is 0 Å². The summed E-state index contributed by atoms with van der Waals surface area (Å²) in [5, 5.41) is 0.287. The molecule has 2 nitrogen and oxygen atoms in total. The summed E-state index contributed by atoms with van der Waals surface area (Å²) < 4.78 is 5.02. The first-order valence-corrected chi connectivity index (χ1v) is 4.93. The van der Waals surface area contributed by atoms with E-state index >= 15 is 0 Å². The molecule has 0 unspecified atom stereocenters. The van der Waals surface area contributed by atoms with Crippen LogP contribution in [0.2, 0.25) is 0 Å². The SMILES string of the molecule is CC(C)C[C@H](C)OC(=O)CBr. The Kier molecular flexibility index (Phi) is 5.56. The number of halogens is 1. The molecule has 0 aromatic heterocycles. The van der Waals surface area contributed by atoms with Crippen LogP contribution in [0.15, 0.2) is 0 Å². The zero-order valence-electron chi connectivity index (χ0n) is 7.26. The van der Waals surface area contributed by atoms with Gasteiger partial charge in [-0.1, -0.05) is 29.8 Å². The zero-order valence-corrected chi connectivity index (χ0v) is 8.85. The molecule has 0 fully saturated rings. The van der Waals surface area contributed by atoms with Crippen molar-refractivity contribution in [2.45, 2.75) is 33.3 Å². The van der Waals surface area contributed by atoms with Gasteiger partial charge < -0.3 is 4.74 Å². The van der Waals surface area contributed by atoms with Crippen LogP contribution in [0.4, 0.5) is 0 Å². The number of esters is 1. The van der Waals surface area contributed by atoms with Gasteiger partial charge in [-0.05, 0) is 19.3 Å². The van der Waals surface area contributed by atoms with Crippen LogP contribution < -0.4 is 0 Å². The molecule has 0 bridgehead atoms. The molecule has 0 aromatic rings. The van der Waals surface area contributed by atoms with Crippen LogP contribution >= 0.6 is 15.9 Å². The van der Waals surface area contributed by atoms with Gasteiger partial charge in [-0.15, -0.1) is 0 Å². The molecule has 1 atom stereocenters. The zero-order chi connectivity index (χ0) is 8.85. The van der Waals surface area contributed by atoms with Crippen LogP contribution in [0.25, 0.3) is 0 Å². The molecule has 11 heavy (non-hydrogen) atoms. The summed E-state index contributed by atoms with van der Waals surface area (Å²) in [4.78, 5) is 10.7. The topological polar surface area (TPSA) is 26.3 Å². The van der Waals surface area contributed by atoms with Crippen molar-refractivity contribution in [1.82, 2.24) is 0 Å². The lowest BCUT2D eigenvalue weighted by Gasteiger charge is -2.13. The van der Waals surface area contributed by atoms with E-state index in [-0.39, 0.29) is 17.4 Å². The molecule has 0 N–H and O–H groups in total. The second-order valence-electron chi connectivity index (χ2n) is 3.06. The fraction of sp³-hybridized carbons (Fsp3) is 0.875. The molecule has 0 saturated heterocycles. The minimum atomic E-state index is -0.182. The van der Waals surface area contributed by atoms with Gasteiger partial charge >= 0.3 is 5.97 Å². The minimum Gasteiger partial charge on any atom is -0.462 e. The van der Waals surface area contributed by atoms with Crippen molar-refractivity contribution in [3.63, 3.8) is 0 Å². The summed E-state index contributed by atoms with van der Waals surface area (Å²) in [7, 11) is 0. The maximum Gasteiger partial charge on any atom is 0.316 e. The number of carbonyl (C=O) groups is 1. The van der Waals surface area contributed by atoms with Crippen LogP contribution in [-0.4, -0.2) is 17.4 Å². The van der Waals surface area contributed by atoms with Crippen molar-refractivity contribution in [3.05, 3.63) is 0 Å². The predicted molar refractivity (Wildman–Crippen MR) is 48.8 cm³/mol. The smallest absolute Gasteiger partial charge is 0.316 e. The Labute approximate surface area is 76.4 Å². The molecular weight excluding hydrogens is 208 g/mol. The van der Waals surface area contributed by atoms with E-state index in [9.17, 15) is 4.79 Å². The van der Waals surface area contributed by atoms with E-state index in [1.165, 1.54) is 0 Å². The highest BCUT2D eigenvalue weighted by atomic mass is 79.9. The lowest BCUT2D eigenvalue weighted by Crippen LogP contribution is -2.17. The summed E-state index contributed by atoms with van der Waals surface area (Å²) in [6, 6.07) is 0. The highest BCUT2D eigenvalue weighted by molar-refractivity contribution is 9.09. The summed E-state index contributed by atoms with van der Waals surface area (Å²) in [5.41, 5.74) is 0. The van der Waals surface area contributed by atoms with Crippen molar-refractivity contribution >= 4 is 21.9 Å². The summed E-state index contributed by atoms with van der Waals surface area (Å²) in [6.07, 6.45) is 0.971. The van der Waals surface area contributed by atoms with Crippen molar-refractivity contribution in [3.8, 4) is 0 Å². The van der Waals surface area contributed by atoms with Gasteiger partial charge in [0.1, 0.15) is 5.33 Å². The third kappa shape index (κ3) is 6.35. The first-order valence-electron chi connectivity index (χ1n) is 3.81. The Hall–Kier alpha value is -0.0500. The maximum atomic E-state index is 10.7. The van der Waals surface area contributed by atoms with E-state index in [2.05, 4.69) is 29.8 Å². The molecule has 0 rings (SSSR count). The van der Waals surface area contributed by atoms with Crippen LogP contribution in [-0.2, 0) is 9.53 Å². The summed E-state index contributed by atoms with van der Waals surface area (Å²) in [6.45, 7) is 6.14. The van der Waals surface area contributed by atoms with Gasteiger partial charge in [0.05, 0.1) is 6.10 Å². The van der Waals surface area contributed by atoms with Crippen molar-refractivity contribution in [1.29, 1.82) is 0 Å². The third-order valence-electron chi connectivity index (χ3n) is 1.25. The lowest BCUT2D eigenvalue weighted by molar-refractivity contribution is -0.145. The summed E-state index contributed by atoms with van der Waals surface area (Å²) in [5.74, 6) is 0.395. The molecule has 0 aliphatic heterocycles. The molecule has 0 amide bonds. The van der Waals surface area contributed by atoms with E-state index in [0.29, 0.717) is 5.92 Å². The number of rotatable bonds is 4. The Morgan fingerprint density at radius 1 is 1.45 bits per heavy atom. The first-order chi connectivity index (χ1) is 5.06. The Morgan fingerprint density at radius 2 is 2.00 bits per heavy atom. The summed E-state index contributed by atoms with van der Waals surface area (Å²) >= 11 is 3.03. The predicted octanol–water partition coefficient (Wildman–Crippen LogP) is 2.36. The van der Waals surface area contributed by atoms with E-state index in [1.54, 1.807) is 0 Å². The van der Waals surface area contributed by atoms with Crippen molar-refractivity contribution in [2.75, 3.05) is 5.33 Å². The van der Waals surface area contributed by atoms with E-state index < -0.39 is 0 Å². The second kappa shape index (κ2) is 5.58. The number of hydrogen-bond acceptors (Lipinski definition) is 2. The quantitative estimate of drug-likeness (QED) is 0.540. The maximum absolute atomic E-state index is 10.7. The number of hydrogen-bond donors (Lipinski definition) is 0. The Balaban J connectivity index is 3.51. The Morgan fingerprint density at radius 3 is 2.36 bits per heavy atom. The van der Waals surface area contributed by atoms with Gasteiger partial charge in [0.15, 0.2) is 0 Å². The van der Waals surface area contributed by atoms with Crippen molar-refractivity contribution < 1.29 is 9.53 Å². The highest BCUT2D eigenvalue weighted by Crippen LogP contribution is 2.07. The van der Waals surface area contributed by atoms with Gasteiger partial charge in [-0.25, -0.2) is 0 Å². The molecule has 0 heterocycles. The fourth-order valence-electron chi connectivity index (χ4n) is 0.968. The molecule has 0 spiro atoms. The molecule has 0 radical (unpaired) electrons. The van der Waals surface area contributed by atoms with Crippen LogP contribution in [0, 0.1) is 5.92 Å². The molecule has 0 saturated carbocycles. The van der Waals surface area contributed by atoms with Gasteiger partial charge in [0, 0.05) is 0 Å². The largest absolute Gasteiger partial charge is 0.462 e. The molecule has 0 aromatic carbocycles. The second-order valence-corrected chi connectivity index (χ2v) is 3.62. The molecule has 3 heteroatoms. The van der Waals surface area contributed by atoms with Crippen LogP contribution in [0.1, 0.15) is 27.2 Å². The first kappa shape index (κ1) is 11.0. The van der Waals surface area contributed by atoms with Gasteiger partial charge in [-0.3, -0.25) is 4.79 Å². The van der Waals surface area contributed by atoms with E-state index in [4.69, 9.17) is 4.74 Å². The number of carbonyl (C=O) groups excluding carboxylic acids is 1. The standard InChI is InChI=1S/C8H15BrO2/c1-6(2)4-7(3)11-8(10)5-9/h6-7H,4-5H2,1-3H3/t7-/m0/s1. The van der Waals surface area contributed by atoms with Crippen LogP contribution in [0.3, 0.4) is 0 Å². The van der Waals surface area contributed by atoms with Gasteiger partial charge in [0.2, 0.25) is 0 Å². The molecule has 0 aliphatic rings. The van der Waals surface area contributed by atoms with E-state index in [0.717, 1.165) is 6.42 Å². The number of alkyl halides is 1. The lowest BCUT2D eigenvalue weighted by atomic mass is 10.1. The average Bonchev–Trinajstić information content (AvgIpc) is 1.85. The third-order valence-corrected chi connectivity index (χ3v) is 1.70. The number of ether oxygens (including phenoxy) is 1. The van der Waals surface area contributed by atoms with Crippen molar-refractivity contribution in [2.24, 2.45) is 5.92 Å². The molecule has 0 aliphatic carbocycles. The monoisotopic (exact) mass is 222 g/mol. The average molecular weight is 223 g/mol. The normalized spacial score (nSPS) is 13.2. The Bertz CT molecular complexity index is 123.